The number of benzene rings is 2. The Kier molecular flexibility index (Phi) is 6.96. The Labute approximate surface area is 206 Å². The van der Waals surface area contributed by atoms with Crippen molar-refractivity contribution in [1.29, 1.82) is 0 Å². The van der Waals surface area contributed by atoms with Gasteiger partial charge in [0.15, 0.2) is 0 Å². The summed E-state index contributed by atoms with van der Waals surface area (Å²) in [6.45, 7) is 4.19. The molecule has 0 radical (unpaired) electrons. The minimum absolute atomic E-state index is 0.0119. The van der Waals surface area contributed by atoms with Crippen LogP contribution in [-0.2, 0) is 5.41 Å². The zero-order valence-electron chi connectivity index (χ0n) is 21.5. The molecular weight excluding hydrogens is 416 g/mol. The first kappa shape index (κ1) is 23.8. The molecule has 3 aliphatic rings. The summed E-state index contributed by atoms with van der Waals surface area (Å²) in [7, 11) is 0. The van der Waals surface area contributed by atoms with Gasteiger partial charge in [0.1, 0.15) is 11.5 Å². The van der Waals surface area contributed by atoms with E-state index in [1.54, 1.807) is 0 Å². The summed E-state index contributed by atoms with van der Waals surface area (Å²) in [5.74, 6) is 2.05. The van der Waals surface area contributed by atoms with Crippen molar-refractivity contribution in [3.63, 3.8) is 0 Å². The number of aromatic hydroxyl groups is 2. The standard InChI is InChI=1S/C32H44O2/c1-22-18-26(20-28(30(22)33)24-12-6-3-7-13-24)32(16-10-5-11-17-32)27-19-23(2)31(34)29(21-27)25-14-8-4-9-15-25/h18-21,24-25,33-34H,3-17H2,1-2H3. The molecule has 0 atom stereocenters. The molecule has 0 bridgehead atoms. The lowest BCUT2D eigenvalue weighted by Crippen LogP contribution is -2.31. The third-order valence-electron chi connectivity index (χ3n) is 9.56. The monoisotopic (exact) mass is 460 g/mol. The fourth-order valence-electron chi connectivity index (χ4n) is 7.52. The molecule has 0 aromatic heterocycles. The molecule has 2 heteroatoms. The van der Waals surface area contributed by atoms with Crippen molar-refractivity contribution in [3.05, 3.63) is 57.6 Å². The van der Waals surface area contributed by atoms with Gasteiger partial charge < -0.3 is 10.2 Å². The molecule has 3 saturated carbocycles. The van der Waals surface area contributed by atoms with Crippen LogP contribution in [0.1, 0.15) is 142 Å². The molecule has 2 aromatic carbocycles. The third-order valence-corrected chi connectivity index (χ3v) is 9.56. The molecule has 5 rings (SSSR count). The van der Waals surface area contributed by atoms with E-state index in [1.807, 2.05) is 0 Å². The van der Waals surface area contributed by atoms with Crippen LogP contribution in [0.2, 0.25) is 0 Å². The number of aryl methyl sites for hydroxylation is 2. The van der Waals surface area contributed by atoms with E-state index in [9.17, 15) is 10.2 Å². The molecule has 0 spiro atoms. The summed E-state index contributed by atoms with van der Waals surface area (Å²) in [4.78, 5) is 0. The quantitative estimate of drug-likeness (QED) is 0.477. The maximum atomic E-state index is 11.1. The normalized spacial score (nSPS) is 22.1. The van der Waals surface area contributed by atoms with Crippen LogP contribution in [0.5, 0.6) is 11.5 Å². The maximum Gasteiger partial charge on any atom is 0.121 e. The van der Waals surface area contributed by atoms with Crippen LogP contribution in [0.15, 0.2) is 24.3 Å². The van der Waals surface area contributed by atoms with Crippen molar-refractivity contribution in [3.8, 4) is 11.5 Å². The summed E-state index contributed by atoms with van der Waals surface area (Å²) in [5.41, 5.74) is 7.26. The minimum atomic E-state index is -0.0119. The molecule has 0 unspecified atom stereocenters. The van der Waals surface area contributed by atoms with Crippen LogP contribution >= 0.6 is 0 Å². The molecule has 3 fully saturated rings. The van der Waals surface area contributed by atoms with Gasteiger partial charge in [-0.05, 0) is 97.6 Å². The Morgan fingerprint density at radius 2 is 0.941 bits per heavy atom. The van der Waals surface area contributed by atoms with Crippen molar-refractivity contribution in [2.45, 2.75) is 127 Å². The lowest BCUT2D eigenvalue weighted by molar-refractivity contribution is 0.342. The van der Waals surface area contributed by atoms with Crippen LogP contribution in [-0.4, -0.2) is 10.2 Å². The van der Waals surface area contributed by atoms with Gasteiger partial charge >= 0.3 is 0 Å². The third kappa shape index (κ3) is 4.38. The van der Waals surface area contributed by atoms with Gasteiger partial charge in [0.2, 0.25) is 0 Å². The Balaban J connectivity index is 1.63. The smallest absolute Gasteiger partial charge is 0.121 e. The van der Waals surface area contributed by atoms with Crippen molar-refractivity contribution in [2.75, 3.05) is 0 Å². The fourth-order valence-corrected chi connectivity index (χ4v) is 7.52. The average molecular weight is 461 g/mol. The first-order valence-corrected chi connectivity index (χ1v) is 14.2. The second-order valence-corrected chi connectivity index (χ2v) is 11.8. The van der Waals surface area contributed by atoms with Crippen LogP contribution in [0.25, 0.3) is 0 Å². The van der Waals surface area contributed by atoms with Crippen LogP contribution in [0, 0.1) is 13.8 Å². The van der Waals surface area contributed by atoms with E-state index in [0.717, 1.165) is 24.0 Å². The SMILES string of the molecule is Cc1cc(C2(c3cc(C)c(O)c(C4CCCCC4)c3)CCCCC2)cc(C2CCCCC2)c1O. The lowest BCUT2D eigenvalue weighted by Gasteiger charge is -2.40. The molecule has 34 heavy (non-hydrogen) atoms. The molecular formula is C32H44O2. The zero-order chi connectivity index (χ0) is 23.7. The van der Waals surface area contributed by atoms with E-state index >= 15 is 0 Å². The van der Waals surface area contributed by atoms with Crippen LogP contribution < -0.4 is 0 Å². The highest BCUT2D eigenvalue weighted by molar-refractivity contribution is 5.54. The first-order valence-electron chi connectivity index (χ1n) is 14.2. The molecule has 2 nitrogen and oxygen atoms in total. The van der Waals surface area contributed by atoms with Gasteiger partial charge in [-0.15, -0.1) is 0 Å². The highest BCUT2D eigenvalue weighted by Gasteiger charge is 2.38. The predicted octanol–water partition coefficient (Wildman–Crippen LogP) is 9.06. The largest absolute Gasteiger partial charge is 0.507 e. The summed E-state index contributed by atoms with van der Waals surface area (Å²) in [5, 5.41) is 22.2. The fraction of sp³-hybridized carbons (Fsp3) is 0.625. The second kappa shape index (κ2) is 9.96. The number of rotatable bonds is 4. The highest BCUT2D eigenvalue weighted by atomic mass is 16.3. The second-order valence-electron chi connectivity index (χ2n) is 11.8. The molecule has 2 N–H and O–H groups in total. The summed E-state index contributed by atoms with van der Waals surface area (Å²) in [6, 6.07) is 9.36. The van der Waals surface area contributed by atoms with Crippen LogP contribution in [0.3, 0.4) is 0 Å². The zero-order valence-corrected chi connectivity index (χ0v) is 21.5. The summed E-state index contributed by atoms with van der Waals surface area (Å²) >= 11 is 0. The van der Waals surface area contributed by atoms with E-state index in [0.29, 0.717) is 23.3 Å². The van der Waals surface area contributed by atoms with E-state index in [-0.39, 0.29) is 5.41 Å². The summed E-state index contributed by atoms with van der Waals surface area (Å²) in [6.07, 6.45) is 18.7. The maximum absolute atomic E-state index is 11.1. The van der Waals surface area contributed by atoms with Crippen LogP contribution in [0.4, 0.5) is 0 Å². The number of phenols is 2. The van der Waals surface area contributed by atoms with Gasteiger partial charge in [0.25, 0.3) is 0 Å². The van der Waals surface area contributed by atoms with E-state index in [2.05, 4.69) is 38.1 Å². The Hall–Kier alpha value is -1.96. The van der Waals surface area contributed by atoms with E-state index in [1.165, 1.54) is 106 Å². The Bertz CT molecular complexity index is 927. The highest BCUT2D eigenvalue weighted by Crippen LogP contribution is 2.50. The average Bonchev–Trinajstić information content (AvgIpc) is 2.88. The van der Waals surface area contributed by atoms with Crippen molar-refractivity contribution in [2.24, 2.45) is 0 Å². The van der Waals surface area contributed by atoms with Crippen molar-refractivity contribution in [1.82, 2.24) is 0 Å². The number of phenolic OH excluding ortho intramolecular Hbond substituents is 2. The molecule has 2 aromatic rings. The van der Waals surface area contributed by atoms with Gasteiger partial charge in [0, 0.05) is 5.41 Å². The molecule has 0 aliphatic heterocycles. The lowest BCUT2D eigenvalue weighted by atomic mass is 9.63. The minimum Gasteiger partial charge on any atom is -0.507 e. The first-order chi connectivity index (χ1) is 16.5. The topological polar surface area (TPSA) is 40.5 Å². The van der Waals surface area contributed by atoms with Gasteiger partial charge in [-0.1, -0.05) is 82.1 Å². The predicted molar refractivity (Wildman–Crippen MR) is 141 cm³/mol. The molecule has 0 amide bonds. The molecule has 0 saturated heterocycles. The Morgan fingerprint density at radius 1 is 0.559 bits per heavy atom. The summed E-state index contributed by atoms with van der Waals surface area (Å²) < 4.78 is 0. The molecule has 3 aliphatic carbocycles. The Morgan fingerprint density at radius 3 is 1.35 bits per heavy atom. The van der Waals surface area contributed by atoms with E-state index in [4.69, 9.17) is 0 Å². The van der Waals surface area contributed by atoms with Gasteiger partial charge in [-0.2, -0.15) is 0 Å². The van der Waals surface area contributed by atoms with Gasteiger partial charge in [0.05, 0.1) is 0 Å². The molecule has 184 valence electrons. The van der Waals surface area contributed by atoms with Gasteiger partial charge in [-0.25, -0.2) is 0 Å². The van der Waals surface area contributed by atoms with Crippen molar-refractivity contribution >= 4 is 0 Å². The van der Waals surface area contributed by atoms with Crippen molar-refractivity contribution < 1.29 is 10.2 Å². The van der Waals surface area contributed by atoms with E-state index < -0.39 is 0 Å². The number of hydrogen-bond donors (Lipinski definition) is 2. The molecule has 0 heterocycles. The number of hydrogen-bond acceptors (Lipinski definition) is 2. The van der Waals surface area contributed by atoms with Gasteiger partial charge in [-0.3, -0.25) is 0 Å².